The molecule has 2 aliphatic carbocycles. The van der Waals surface area contributed by atoms with Gasteiger partial charge in [0, 0.05) is 18.1 Å². The lowest BCUT2D eigenvalue weighted by Gasteiger charge is -2.23. The zero-order chi connectivity index (χ0) is 20.8. The standard InChI is InChI=1S/C22H34N6OS/c1-16(8-7-13-29-22(30)27-18-9-3-2-4-10-18)28-15-25-19-20(23-14-24-21(19)28)26-17-11-5-6-12-17/h14-18H,2-13H2,1H3,(H,27,30)(H,23,24,26). The summed E-state index contributed by atoms with van der Waals surface area (Å²) >= 11 is 5.36. The van der Waals surface area contributed by atoms with Crippen molar-refractivity contribution in [3.8, 4) is 0 Å². The van der Waals surface area contributed by atoms with Crippen molar-refractivity contribution >= 4 is 34.4 Å². The highest BCUT2D eigenvalue weighted by atomic mass is 32.1. The van der Waals surface area contributed by atoms with Crippen LogP contribution >= 0.6 is 12.2 Å². The Kier molecular flexibility index (Phi) is 7.36. The third kappa shape index (κ3) is 5.39. The number of imidazole rings is 1. The van der Waals surface area contributed by atoms with Gasteiger partial charge in [-0.15, -0.1) is 0 Å². The minimum absolute atomic E-state index is 0.285. The number of hydrogen-bond donors (Lipinski definition) is 2. The molecule has 2 aromatic rings. The van der Waals surface area contributed by atoms with Gasteiger partial charge in [0.25, 0.3) is 5.17 Å². The zero-order valence-electron chi connectivity index (χ0n) is 18.0. The molecule has 0 bridgehead atoms. The van der Waals surface area contributed by atoms with Crippen molar-refractivity contribution in [2.75, 3.05) is 11.9 Å². The van der Waals surface area contributed by atoms with Crippen LogP contribution in [0.25, 0.3) is 11.2 Å². The first-order valence-electron chi connectivity index (χ1n) is 11.6. The first-order chi connectivity index (χ1) is 14.7. The number of nitrogens with one attached hydrogen (secondary N) is 2. The number of fused-ring (bicyclic) bond motifs is 1. The van der Waals surface area contributed by atoms with E-state index in [9.17, 15) is 0 Å². The summed E-state index contributed by atoms with van der Waals surface area (Å²) in [6, 6.07) is 1.29. The van der Waals surface area contributed by atoms with Crippen LogP contribution in [0.15, 0.2) is 12.7 Å². The molecule has 1 atom stereocenters. The van der Waals surface area contributed by atoms with Gasteiger partial charge in [0.15, 0.2) is 11.5 Å². The van der Waals surface area contributed by atoms with Crippen LogP contribution < -0.4 is 10.6 Å². The second kappa shape index (κ2) is 10.4. The van der Waals surface area contributed by atoms with Gasteiger partial charge in [-0.2, -0.15) is 0 Å². The summed E-state index contributed by atoms with van der Waals surface area (Å²) in [5.41, 5.74) is 1.76. The van der Waals surface area contributed by atoms with E-state index < -0.39 is 0 Å². The molecule has 0 aliphatic heterocycles. The second-order valence-electron chi connectivity index (χ2n) is 8.78. The van der Waals surface area contributed by atoms with Crippen LogP contribution in [0.4, 0.5) is 5.82 Å². The molecule has 7 nitrogen and oxygen atoms in total. The molecule has 2 aromatic heterocycles. The molecule has 1 unspecified atom stereocenters. The van der Waals surface area contributed by atoms with E-state index in [-0.39, 0.29) is 6.04 Å². The summed E-state index contributed by atoms with van der Waals surface area (Å²) in [6.07, 6.45) is 16.8. The van der Waals surface area contributed by atoms with Gasteiger partial charge in [0.1, 0.15) is 11.8 Å². The lowest BCUT2D eigenvalue weighted by Crippen LogP contribution is -2.36. The van der Waals surface area contributed by atoms with Crippen LogP contribution in [0, 0.1) is 0 Å². The van der Waals surface area contributed by atoms with Gasteiger partial charge in [-0.3, -0.25) is 0 Å². The first-order valence-corrected chi connectivity index (χ1v) is 12.0. The van der Waals surface area contributed by atoms with Crippen molar-refractivity contribution < 1.29 is 4.74 Å². The second-order valence-corrected chi connectivity index (χ2v) is 9.15. The van der Waals surface area contributed by atoms with Gasteiger partial charge < -0.3 is 19.9 Å². The minimum Gasteiger partial charge on any atom is -0.471 e. The largest absolute Gasteiger partial charge is 0.471 e. The summed E-state index contributed by atoms with van der Waals surface area (Å²) in [7, 11) is 0. The van der Waals surface area contributed by atoms with E-state index in [1.165, 1.54) is 57.8 Å². The average Bonchev–Trinajstić information content (AvgIpc) is 3.42. The Bertz CT molecular complexity index is 828. The predicted molar refractivity (Wildman–Crippen MR) is 124 cm³/mol. The van der Waals surface area contributed by atoms with Crippen LogP contribution in [0.2, 0.25) is 0 Å². The molecular weight excluding hydrogens is 396 g/mol. The van der Waals surface area contributed by atoms with Gasteiger partial charge in [-0.25, -0.2) is 15.0 Å². The number of rotatable bonds is 8. The summed E-state index contributed by atoms with van der Waals surface area (Å²) < 4.78 is 7.90. The topological polar surface area (TPSA) is 76.9 Å². The molecule has 0 aromatic carbocycles. The molecule has 2 aliphatic rings. The fraction of sp³-hybridized carbons (Fsp3) is 0.727. The SMILES string of the molecule is CC(CCCOC(=S)NC1CCCCC1)n1cnc2c(NC3CCCC3)ncnc21. The van der Waals surface area contributed by atoms with Crippen LogP contribution in [0.1, 0.15) is 83.6 Å². The van der Waals surface area contributed by atoms with Crippen molar-refractivity contribution in [3.63, 3.8) is 0 Å². The van der Waals surface area contributed by atoms with Crippen molar-refractivity contribution in [2.45, 2.75) is 95.7 Å². The highest BCUT2D eigenvalue weighted by Gasteiger charge is 2.19. The van der Waals surface area contributed by atoms with E-state index in [0.717, 1.165) is 29.8 Å². The molecule has 30 heavy (non-hydrogen) atoms. The van der Waals surface area contributed by atoms with Gasteiger partial charge in [0.05, 0.1) is 12.9 Å². The van der Waals surface area contributed by atoms with Crippen LogP contribution in [0.5, 0.6) is 0 Å². The smallest absolute Gasteiger partial charge is 0.256 e. The highest BCUT2D eigenvalue weighted by molar-refractivity contribution is 7.80. The number of hydrogen-bond acceptors (Lipinski definition) is 6. The third-order valence-corrected chi connectivity index (χ3v) is 6.69. The lowest BCUT2D eigenvalue weighted by atomic mass is 9.96. The van der Waals surface area contributed by atoms with E-state index in [0.29, 0.717) is 23.9 Å². The Hall–Kier alpha value is -1.96. The molecule has 0 radical (unpaired) electrons. The summed E-state index contributed by atoms with van der Waals surface area (Å²) in [5, 5.41) is 7.48. The third-order valence-electron chi connectivity index (χ3n) is 6.46. The molecule has 164 valence electrons. The van der Waals surface area contributed by atoms with E-state index in [4.69, 9.17) is 17.0 Å². The highest BCUT2D eigenvalue weighted by Crippen LogP contribution is 2.26. The molecule has 2 N–H and O–H groups in total. The van der Waals surface area contributed by atoms with Crippen molar-refractivity contribution in [2.24, 2.45) is 0 Å². The molecular formula is C22H34N6OS. The lowest BCUT2D eigenvalue weighted by molar-refractivity contribution is 0.268. The molecule has 0 amide bonds. The summed E-state index contributed by atoms with van der Waals surface area (Å²) in [5.74, 6) is 0.861. The van der Waals surface area contributed by atoms with E-state index >= 15 is 0 Å². The van der Waals surface area contributed by atoms with Crippen molar-refractivity contribution in [1.82, 2.24) is 24.8 Å². The molecule has 2 heterocycles. The fourth-order valence-corrected chi connectivity index (χ4v) is 4.93. The minimum atomic E-state index is 0.285. The number of ether oxygens (including phenoxy) is 1. The first kappa shape index (κ1) is 21.3. The Morgan fingerprint density at radius 3 is 2.63 bits per heavy atom. The van der Waals surface area contributed by atoms with E-state index in [1.807, 2.05) is 6.33 Å². The maximum absolute atomic E-state index is 5.75. The Labute approximate surface area is 184 Å². The monoisotopic (exact) mass is 430 g/mol. The summed E-state index contributed by atoms with van der Waals surface area (Å²) in [4.78, 5) is 13.6. The van der Waals surface area contributed by atoms with Gasteiger partial charge in [-0.1, -0.05) is 32.1 Å². The quantitative estimate of drug-likeness (QED) is 0.462. The van der Waals surface area contributed by atoms with Crippen LogP contribution in [0.3, 0.4) is 0 Å². The van der Waals surface area contributed by atoms with Crippen LogP contribution in [-0.2, 0) is 4.74 Å². The van der Waals surface area contributed by atoms with Crippen LogP contribution in [-0.4, -0.2) is 43.4 Å². The number of aromatic nitrogens is 4. The van der Waals surface area contributed by atoms with E-state index in [2.05, 4.69) is 37.1 Å². The maximum atomic E-state index is 5.75. The zero-order valence-corrected chi connectivity index (χ0v) is 18.8. The van der Waals surface area contributed by atoms with Crippen molar-refractivity contribution in [3.05, 3.63) is 12.7 Å². The predicted octanol–water partition coefficient (Wildman–Crippen LogP) is 4.75. The molecule has 0 spiro atoms. The maximum Gasteiger partial charge on any atom is 0.256 e. The molecule has 8 heteroatoms. The Morgan fingerprint density at radius 1 is 1.10 bits per heavy atom. The number of anilines is 1. The fourth-order valence-electron chi connectivity index (χ4n) is 4.68. The Balaban J connectivity index is 1.26. The van der Waals surface area contributed by atoms with Gasteiger partial charge >= 0.3 is 0 Å². The van der Waals surface area contributed by atoms with Gasteiger partial charge in [-0.05, 0) is 57.7 Å². The number of thiocarbonyl (C=S) groups is 1. The summed E-state index contributed by atoms with van der Waals surface area (Å²) in [6.45, 7) is 2.84. The van der Waals surface area contributed by atoms with E-state index in [1.54, 1.807) is 6.33 Å². The molecule has 2 saturated carbocycles. The molecule has 4 rings (SSSR count). The van der Waals surface area contributed by atoms with Crippen molar-refractivity contribution in [1.29, 1.82) is 0 Å². The Morgan fingerprint density at radius 2 is 1.83 bits per heavy atom. The molecule has 0 saturated heterocycles. The average molecular weight is 431 g/mol. The number of nitrogens with zero attached hydrogens (tertiary/aromatic N) is 4. The molecule has 2 fully saturated rings. The normalized spacial score (nSPS) is 19.1. The van der Waals surface area contributed by atoms with Gasteiger partial charge in [0.2, 0.25) is 0 Å².